The van der Waals surface area contributed by atoms with Crippen LogP contribution in [0.4, 0.5) is 10.1 Å². The van der Waals surface area contributed by atoms with E-state index in [4.69, 9.17) is 4.99 Å². The second-order valence-electron chi connectivity index (χ2n) is 16.1. The number of nitrogens with one attached hydrogen (secondary N) is 4. The second-order valence-corrected chi connectivity index (χ2v) is 16.1. The van der Waals surface area contributed by atoms with Gasteiger partial charge in [0.15, 0.2) is 12.5 Å². The van der Waals surface area contributed by atoms with Crippen LogP contribution < -0.4 is 21.3 Å². The van der Waals surface area contributed by atoms with Crippen LogP contribution in [0.1, 0.15) is 115 Å². The van der Waals surface area contributed by atoms with Gasteiger partial charge < -0.3 is 30.7 Å². The number of hydrogen-bond donors (Lipinski definition) is 4. The molecule has 5 aliphatic heterocycles. The molecular formula is C43H51FN8O5. The maximum atomic E-state index is 14.8. The number of imide groups is 1. The monoisotopic (exact) mass is 778 g/mol. The van der Waals surface area contributed by atoms with Crippen molar-refractivity contribution in [1.82, 2.24) is 30.7 Å². The lowest BCUT2D eigenvalue weighted by Crippen LogP contribution is -2.52. The number of amides is 4. The molecule has 57 heavy (non-hydrogen) atoms. The molecule has 2 unspecified atom stereocenters. The average molecular weight is 779 g/mol. The lowest BCUT2D eigenvalue weighted by molar-refractivity contribution is -0.136. The largest absolute Gasteiger partial charge is 0.352 e. The molecule has 3 fully saturated rings. The van der Waals surface area contributed by atoms with Crippen LogP contribution in [0.3, 0.4) is 0 Å². The van der Waals surface area contributed by atoms with Crippen molar-refractivity contribution in [3.05, 3.63) is 88.0 Å². The summed E-state index contributed by atoms with van der Waals surface area (Å²) in [6, 6.07) is 9.78. The predicted octanol–water partition coefficient (Wildman–Crippen LogP) is 4.68. The molecule has 5 heterocycles. The molecule has 2 saturated heterocycles. The van der Waals surface area contributed by atoms with Crippen molar-refractivity contribution in [2.75, 3.05) is 31.5 Å². The van der Waals surface area contributed by atoms with Gasteiger partial charge in [0.25, 0.3) is 11.8 Å². The van der Waals surface area contributed by atoms with E-state index in [9.17, 15) is 28.4 Å². The van der Waals surface area contributed by atoms with Crippen LogP contribution >= 0.6 is 0 Å². The third-order valence-electron chi connectivity index (χ3n) is 12.4. The minimum absolute atomic E-state index is 0.104. The SMILES string of the molecule is O=CC1=CC2=CNC(Nc3ccc(C(=O)NCCCCCCN4CCC(c5cc(F)cc6c5CN(C5CCC(=O)NC5=O)C6=O)CC4)cc3)=NC2N1C1CCCC1. The topological polar surface area (TPSA) is 156 Å². The highest BCUT2D eigenvalue weighted by Gasteiger charge is 2.41. The Balaban J connectivity index is 0.727. The number of rotatable bonds is 13. The van der Waals surface area contributed by atoms with E-state index in [-0.39, 0.29) is 49.2 Å². The van der Waals surface area contributed by atoms with Gasteiger partial charge in [-0.2, -0.15) is 0 Å². The molecule has 0 spiro atoms. The standard InChI is InChI=1S/C43H51FN8O5/c44-30-22-34(36-25-51(42(57)35(36)23-30)37-13-14-38(54)48-41(37)56)27-15-19-50(20-16-27)18-6-2-1-5-17-45-40(55)28-9-11-31(12-10-28)47-43-46-24-29-21-33(26-53)52(39(29)49-43)32-7-3-4-8-32/h9-12,21-24,26-27,32,37,39H,1-8,13-20,25H2,(H,45,55)(H2,46,47,49)(H,48,54,56). The Morgan fingerprint density at radius 2 is 1.74 bits per heavy atom. The number of carbonyl (C=O) groups is 5. The van der Waals surface area contributed by atoms with Crippen LogP contribution in [-0.4, -0.2) is 95.0 Å². The van der Waals surface area contributed by atoms with Gasteiger partial charge in [-0.3, -0.25) is 29.3 Å². The van der Waals surface area contributed by atoms with Crippen LogP contribution in [0.5, 0.6) is 0 Å². The fourth-order valence-electron chi connectivity index (χ4n) is 9.39. The number of nitrogens with zero attached hydrogens (tertiary/aromatic N) is 4. The number of piperidine rings is 2. The Kier molecular flexibility index (Phi) is 11.5. The number of aliphatic imine (C=N–C) groups is 1. The molecule has 14 heteroatoms. The predicted molar refractivity (Wildman–Crippen MR) is 212 cm³/mol. The van der Waals surface area contributed by atoms with E-state index in [1.165, 1.54) is 23.8 Å². The fraction of sp³-hybridized carbons (Fsp3) is 0.488. The smallest absolute Gasteiger partial charge is 0.255 e. The molecule has 6 aliphatic rings. The number of unbranched alkanes of at least 4 members (excludes halogenated alkanes) is 3. The van der Waals surface area contributed by atoms with Crippen molar-refractivity contribution in [3.63, 3.8) is 0 Å². The number of likely N-dealkylation sites (tertiary alicyclic amines) is 1. The number of fused-ring (bicyclic) bond motifs is 2. The number of aldehydes is 1. The summed E-state index contributed by atoms with van der Waals surface area (Å²) in [7, 11) is 0. The Labute approximate surface area is 332 Å². The first-order valence-electron chi connectivity index (χ1n) is 20.6. The van der Waals surface area contributed by atoms with Gasteiger partial charge in [-0.05, 0) is 124 Å². The number of carbonyl (C=O) groups excluding carboxylic acids is 5. The van der Waals surface area contributed by atoms with Gasteiger partial charge in [0.1, 0.15) is 11.9 Å². The van der Waals surface area contributed by atoms with Crippen LogP contribution in [0.2, 0.25) is 0 Å². The van der Waals surface area contributed by atoms with Gasteiger partial charge in [-0.25, -0.2) is 9.38 Å². The summed E-state index contributed by atoms with van der Waals surface area (Å²) in [5.74, 6) is -0.940. The first-order chi connectivity index (χ1) is 27.7. The number of anilines is 1. The van der Waals surface area contributed by atoms with Crippen molar-refractivity contribution in [2.45, 2.75) is 108 Å². The number of allylic oxidation sites excluding steroid dienone is 1. The molecule has 300 valence electrons. The maximum absolute atomic E-state index is 14.8. The van der Waals surface area contributed by atoms with E-state index in [1.54, 1.807) is 18.2 Å². The number of halogens is 1. The summed E-state index contributed by atoms with van der Waals surface area (Å²) in [5, 5.41) is 11.9. The lowest BCUT2D eigenvalue weighted by Gasteiger charge is -2.33. The van der Waals surface area contributed by atoms with Crippen LogP contribution in [-0.2, 0) is 20.9 Å². The van der Waals surface area contributed by atoms with Crippen molar-refractivity contribution < 1.29 is 28.4 Å². The van der Waals surface area contributed by atoms with Crippen molar-refractivity contribution in [1.29, 1.82) is 0 Å². The molecule has 8 rings (SSSR count). The zero-order valence-electron chi connectivity index (χ0n) is 32.2. The molecular weight excluding hydrogens is 728 g/mol. The molecule has 13 nitrogen and oxygen atoms in total. The fourth-order valence-corrected chi connectivity index (χ4v) is 9.39. The lowest BCUT2D eigenvalue weighted by atomic mass is 9.85. The Morgan fingerprint density at radius 1 is 0.965 bits per heavy atom. The van der Waals surface area contributed by atoms with Gasteiger partial charge in [0.05, 0.1) is 5.70 Å². The highest BCUT2D eigenvalue weighted by atomic mass is 19.1. The molecule has 1 saturated carbocycles. The normalized spacial score (nSPS) is 22.7. The second kappa shape index (κ2) is 17.0. The maximum Gasteiger partial charge on any atom is 0.255 e. The van der Waals surface area contributed by atoms with E-state index in [0.717, 1.165) is 99.7 Å². The van der Waals surface area contributed by atoms with Crippen molar-refractivity contribution in [3.8, 4) is 0 Å². The molecule has 0 bridgehead atoms. The van der Waals surface area contributed by atoms with Crippen LogP contribution in [0.15, 0.2) is 64.9 Å². The van der Waals surface area contributed by atoms with E-state index in [1.807, 2.05) is 24.4 Å². The van der Waals surface area contributed by atoms with Gasteiger partial charge in [-0.15, -0.1) is 0 Å². The molecule has 4 N–H and O–H groups in total. The van der Waals surface area contributed by atoms with Crippen molar-refractivity contribution >= 4 is 41.6 Å². The summed E-state index contributed by atoms with van der Waals surface area (Å²) in [4.78, 5) is 73.0. The van der Waals surface area contributed by atoms with E-state index >= 15 is 0 Å². The van der Waals surface area contributed by atoms with Gasteiger partial charge in [-0.1, -0.05) is 25.7 Å². The van der Waals surface area contributed by atoms with E-state index < -0.39 is 17.8 Å². The Morgan fingerprint density at radius 3 is 2.49 bits per heavy atom. The average Bonchev–Trinajstić information content (AvgIpc) is 3.95. The molecule has 0 radical (unpaired) electrons. The van der Waals surface area contributed by atoms with Gasteiger partial charge in [0, 0.05) is 54.1 Å². The molecule has 2 aromatic rings. The zero-order valence-corrected chi connectivity index (χ0v) is 32.2. The first-order valence-corrected chi connectivity index (χ1v) is 20.6. The summed E-state index contributed by atoms with van der Waals surface area (Å²) >= 11 is 0. The highest BCUT2D eigenvalue weighted by Crippen LogP contribution is 2.39. The molecule has 2 aromatic carbocycles. The molecule has 4 amide bonds. The van der Waals surface area contributed by atoms with Crippen LogP contribution in [0, 0.1) is 5.82 Å². The third-order valence-corrected chi connectivity index (χ3v) is 12.4. The molecule has 1 aliphatic carbocycles. The number of hydrogen-bond acceptors (Lipinski definition) is 10. The van der Waals surface area contributed by atoms with E-state index in [0.29, 0.717) is 35.4 Å². The Bertz CT molecular complexity index is 2000. The minimum Gasteiger partial charge on any atom is -0.352 e. The molecule has 0 aromatic heterocycles. The number of benzene rings is 2. The van der Waals surface area contributed by atoms with Crippen LogP contribution in [0.25, 0.3) is 0 Å². The summed E-state index contributed by atoms with van der Waals surface area (Å²) in [6.07, 6.45) is 15.2. The summed E-state index contributed by atoms with van der Waals surface area (Å²) < 4.78 is 14.8. The summed E-state index contributed by atoms with van der Waals surface area (Å²) in [6.45, 7) is 3.65. The zero-order chi connectivity index (χ0) is 39.5. The number of guanidine groups is 1. The third kappa shape index (κ3) is 8.37. The van der Waals surface area contributed by atoms with Gasteiger partial charge >= 0.3 is 0 Å². The molecule has 2 atom stereocenters. The summed E-state index contributed by atoms with van der Waals surface area (Å²) in [5.41, 5.74) is 5.08. The Hall–Kier alpha value is -5.37. The van der Waals surface area contributed by atoms with Crippen molar-refractivity contribution in [2.24, 2.45) is 4.99 Å². The highest BCUT2D eigenvalue weighted by molar-refractivity contribution is 6.05. The van der Waals surface area contributed by atoms with E-state index in [2.05, 4.69) is 31.1 Å². The minimum atomic E-state index is -0.718. The quantitative estimate of drug-likeness (QED) is 0.129. The van der Waals surface area contributed by atoms with Gasteiger partial charge in [0.2, 0.25) is 17.8 Å². The first kappa shape index (κ1) is 38.5.